The molecule has 0 aromatic heterocycles. The fourth-order valence-electron chi connectivity index (χ4n) is 1.80. The maximum absolute atomic E-state index is 12.3. The third kappa shape index (κ3) is 7.09. The average Bonchev–Trinajstić information content (AvgIpc) is 2.45. The second-order valence-corrected chi connectivity index (χ2v) is 6.44. The minimum Gasteiger partial charge on any atom is -0.448 e. The van der Waals surface area contributed by atoms with Crippen molar-refractivity contribution in [2.45, 2.75) is 46.3 Å². The van der Waals surface area contributed by atoms with Crippen molar-refractivity contribution in [1.82, 2.24) is 10.6 Å². The highest BCUT2D eigenvalue weighted by Crippen LogP contribution is 2.08. The van der Waals surface area contributed by atoms with Crippen molar-refractivity contribution in [3.05, 3.63) is 41.6 Å². The van der Waals surface area contributed by atoms with Gasteiger partial charge >= 0.3 is 5.97 Å². The normalized spacial score (nSPS) is 13.0. The van der Waals surface area contributed by atoms with Crippen LogP contribution in [0.25, 0.3) is 6.08 Å². The first-order valence-electron chi connectivity index (χ1n) is 7.66. The number of ether oxygens (including phenoxy) is 1. The van der Waals surface area contributed by atoms with Gasteiger partial charge in [0.05, 0.1) is 0 Å². The molecule has 6 nitrogen and oxygen atoms in total. The summed E-state index contributed by atoms with van der Waals surface area (Å²) in [7, 11) is 0. The Labute approximate surface area is 142 Å². The fourth-order valence-corrected chi connectivity index (χ4v) is 1.80. The molecule has 1 aromatic rings. The van der Waals surface area contributed by atoms with Crippen molar-refractivity contribution in [1.29, 1.82) is 0 Å². The standard InChI is InChI=1S/C18H24N2O4/c1-12(16(22)20-18(3,4)5)24-17(23)15(19-13(2)21)11-14-9-7-6-8-10-14/h6-12H,1-5H3,(H,19,21)(H,20,22)/b15-11-/t12-/m0/s1. The Balaban J connectivity index is 2.87. The maximum Gasteiger partial charge on any atom is 0.355 e. The predicted molar refractivity (Wildman–Crippen MR) is 91.7 cm³/mol. The first-order chi connectivity index (χ1) is 11.1. The van der Waals surface area contributed by atoms with Gasteiger partial charge in [0.15, 0.2) is 6.10 Å². The van der Waals surface area contributed by atoms with Crippen molar-refractivity contribution in [2.24, 2.45) is 0 Å². The van der Waals surface area contributed by atoms with E-state index in [0.29, 0.717) is 0 Å². The number of esters is 1. The van der Waals surface area contributed by atoms with Crippen LogP contribution in [-0.4, -0.2) is 29.4 Å². The number of hydrogen-bond acceptors (Lipinski definition) is 4. The van der Waals surface area contributed by atoms with E-state index in [4.69, 9.17) is 4.74 Å². The van der Waals surface area contributed by atoms with Crippen molar-refractivity contribution in [3.63, 3.8) is 0 Å². The quantitative estimate of drug-likeness (QED) is 0.638. The molecule has 0 bridgehead atoms. The molecule has 1 rings (SSSR count). The zero-order chi connectivity index (χ0) is 18.3. The van der Waals surface area contributed by atoms with Crippen LogP contribution in [0.1, 0.15) is 40.2 Å². The van der Waals surface area contributed by atoms with E-state index in [-0.39, 0.29) is 5.70 Å². The van der Waals surface area contributed by atoms with E-state index in [1.807, 2.05) is 39.0 Å². The molecule has 0 spiro atoms. The Hall–Kier alpha value is -2.63. The van der Waals surface area contributed by atoms with E-state index < -0.39 is 29.4 Å². The third-order valence-electron chi connectivity index (χ3n) is 2.79. The van der Waals surface area contributed by atoms with E-state index in [1.165, 1.54) is 19.9 Å². The topological polar surface area (TPSA) is 84.5 Å². The van der Waals surface area contributed by atoms with Gasteiger partial charge in [-0.2, -0.15) is 0 Å². The Kier molecular flexibility index (Phi) is 6.70. The van der Waals surface area contributed by atoms with Crippen LogP contribution < -0.4 is 10.6 Å². The lowest BCUT2D eigenvalue weighted by molar-refractivity contribution is -0.152. The second-order valence-electron chi connectivity index (χ2n) is 6.44. The molecule has 0 aliphatic rings. The first-order valence-corrected chi connectivity index (χ1v) is 7.66. The molecule has 1 aromatic carbocycles. The Morgan fingerprint density at radius 1 is 1.12 bits per heavy atom. The van der Waals surface area contributed by atoms with Crippen molar-refractivity contribution in [3.8, 4) is 0 Å². The van der Waals surface area contributed by atoms with E-state index in [2.05, 4.69) is 10.6 Å². The van der Waals surface area contributed by atoms with Gasteiger partial charge in [0.1, 0.15) is 5.70 Å². The summed E-state index contributed by atoms with van der Waals surface area (Å²) in [6.45, 7) is 8.27. The van der Waals surface area contributed by atoms with Gasteiger partial charge in [-0.15, -0.1) is 0 Å². The molecule has 1 atom stereocenters. The van der Waals surface area contributed by atoms with Gasteiger partial charge in [-0.25, -0.2) is 4.79 Å². The first kappa shape index (κ1) is 19.4. The van der Waals surface area contributed by atoms with Crippen molar-refractivity contribution < 1.29 is 19.1 Å². The molecule has 0 aliphatic heterocycles. The maximum atomic E-state index is 12.3. The molecule has 0 fully saturated rings. The molecule has 130 valence electrons. The number of benzene rings is 1. The zero-order valence-electron chi connectivity index (χ0n) is 14.7. The zero-order valence-corrected chi connectivity index (χ0v) is 14.7. The van der Waals surface area contributed by atoms with Gasteiger partial charge in [0.25, 0.3) is 5.91 Å². The molecule has 6 heteroatoms. The number of rotatable bonds is 5. The number of nitrogens with one attached hydrogen (secondary N) is 2. The third-order valence-corrected chi connectivity index (χ3v) is 2.79. The highest BCUT2D eigenvalue weighted by Gasteiger charge is 2.24. The molecule has 0 saturated carbocycles. The van der Waals surface area contributed by atoms with E-state index in [9.17, 15) is 14.4 Å². The second kappa shape index (κ2) is 8.29. The fraction of sp³-hybridized carbons (Fsp3) is 0.389. The SMILES string of the molecule is CC(=O)N/C(=C\c1ccccc1)C(=O)O[C@@H](C)C(=O)NC(C)(C)C. The number of carbonyl (C=O) groups is 3. The summed E-state index contributed by atoms with van der Waals surface area (Å²) in [5.41, 5.74) is 0.270. The van der Waals surface area contributed by atoms with Crippen LogP contribution in [0.3, 0.4) is 0 Å². The number of carbonyl (C=O) groups excluding carboxylic acids is 3. The molecule has 0 unspecified atom stereocenters. The predicted octanol–water partition coefficient (Wildman–Crippen LogP) is 2.01. The van der Waals surface area contributed by atoms with E-state index >= 15 is 0 Å². The van der Waals surface area contributed by atoms with Crippen molar-refractivity contribution in [2.75, 3.05) is 0 Å². The molecule has 0 aliphatic carbocycles. The molecular formula is C18H24N2O4. The lowest BCUT2D eigenvalue weighted by atomic mass is 10.1. The highest BCUT2D eigenvalue weighted by molar-refractivity contribution is 5.98. The van der Waals surface area contributed by atoms with Crippen molar-refractivity contribution >= 4 is 23.9 Å². The number of amides is 2. The van der Waals surface area contributed by atoms with E-state index in [1.54, 1.807) is 12.1 Å². The van der Waals surface area contributed by atoms with Gasteiger partial charge in [-0.3, -0.25) is 9.59 Å². The summed E-state index contributed by atoms with van der Waals surface area (Å²) in [5.74, 6) is -1.58. The highest BCUT2D eigenvalue weighted by atomic mass is 16.5. The monoisotopic (exact) mass is 332 g/mol. The summed E-state index contributed by atoms with van der Waals surface area (Å²) in [5, 5.41) is 5.17. The molecule has 24 heavy (non-hydrogen) atoms. The van der Waals surface area contributed by atoms with Crippen LogP contribution in [0.2, 0.25) is 0 Å². The summed E-state index contributed by atoms with van der Waals surface area (Å²) < 4.78 is 5.16. The van der Waals surface area contributed by atoms with Gasteiger partial charge in [-0.05, 0) is 39.3 Å². The summed E-state index contributed by atoms with van der Waals surface area (Å²) in [4.78, 5) is 35.6. The van der Waals surface area contributed by atoms with Gasteiger partial charge in [-0.1, -0.05) is 30.3 Å². The van der Waals surface area contributed by atoms with Crippen LogP contribution >= 0.6 is 0 Å². The van der Waals surface area contributed by atoms with Crippen LogP contribution in [-0.2, 0) is 19.1 Å². The molecule has 2 amide bonds. The smallest absolute Gasteiger partial charge is 0.355 e. The largest absolute Gasteiger partial charge is 0.448 e. The van der Waals surface area contributed by atoms with Crippen LogP contribution in [0, 0.1) is 0 Å². The lowest BCUT2D eigenvalue weighted by Crippen LogP contribution is -2.46. The van der Waals surface area contributed by atoms with Gasteiger partial charge in [0, 0.05) is 12.5 Å². The minimum absolute atomic E-state index is 0.0240. The van der Waals surface area contributed by atoms with Crippen LogP contribution in [0.15, 0.2) is 36.0 Å². The summed E-state index contributed by atoms with van der Waals surface area (Å²) >= 11 is 0. The average molecular weight is 332 g/mol. The molecule has 0 heterocycles. The number of hydrogen-bond donors (Lipinski definition) is 2. The minimum atomic E-state index is -0.982. The van der Waals surface area contributed by atoms with Crippen LogP contribution in [0.5, 0.6) is 0 Å². The lowest BCUT2D eigenvalue weighted by Gasteiger charge is -2.23. The Morgan fingerprint density at radius 3 is 2.21 bits per heavy atom. The Bertz CT molecular complexity index is 630. The molecular weight excluding hydrogens is 308 g/mol. The van der Waals surface area contributed by atoms with Crippen LogP contribution in [0.4, 0.5) is 0 Å². The Morgan fingerprint density at radius 2 is 1.71 bits per heavy atom. The summed E-state index contributed by atoms with van der Waals surface area (Å²) in [6.07, 6.45) is 0.516. The summed E-state index contributed by atoms with van der Waals surface area (Å²) in [6, 6.07) is 9.02. The van der Waals surface area contributed by atoms with E-state index in [0.717, 1.165) is 5.56 Å². The molecule has 0 saturated heterocycles. The molecule has 0 radical (unpaired) electrons. The van der Waals surface area contributed by atoms with Gasteiger partial charge in [0.2, 0.25) is 5.91 Å². The van der Waals surface area contributed by atoms with Gasteiger partial charge < -0.3 is 15.4 Å². The molecule has 2 N–H and O–H groups in total.